The van der Waals surface area contributed by atoms with Gasteiger partial charge in [0.05, 0.1) is 11.6 Å². The molecule has 3 rings (SSSR count). The first-order valence-corrected chi connectivity index (χ1v) is 9.07. The number of nitrogens with zero attached hydrogens (tertiary/aromatic N) is 2. The molecule has 0 unspecified atom stereocenters. The number of halogens is 1. The maximum atomic E-state index is 12.6. The van der Waals surface area contributed by atoms with Gasteiger partial charge in [-0.25, -0.2) is 13.2 Å². The number of hydrogen-bond donors (Lipinski definition) is 1. The van der Waals surface area contributed by atoms with Crippen molar-refractivity contribution in [2.45, 2.75) is 23.8 Å². The summed E-state index contributed by atoms with van der Waals surface area (Å²) < 4.78 is 26.6. The number of benzene rings is 1. The van der Waals surface area contributed by atoms with Crippen molar-refractivity contribution in [1.29, 1.82) is 0 Å². The fraction of sp³-hybridized carbons (Fsp3) is 0.429. The van der Waals surface area contributed by atoms with Crippen LogP contribution in [-0.2, 0) is 14.8 Å². The molecule has 1 aromatic rings. The van der Waals surface area contributed by atoms with E-state index in [4.69, 9.17) is 11.6 Å². The maximum absolute atomic E-state index is 12.6. The summed E-state index contributed by atoms with van der Waals surface area (Å²) in [5, 5.41) is 2.66. The number of rotatable bonds is 3. The number of sulfonamides is 1. The average molecular weight is 358 g/mol. The van der Waals surface area contributed by atoms with E-state index in [2.05, 4.69) is 5.32 Å². The SMILES string of the molecule is O=C1CNC(=O)N1C1CCN(S(=O)(=O)c2ccccc2Cl)CC1. The van der Waals surface area contributed by atoms with Gasteiger partial charge in [-0.15, -0.1) is 0 Å². The Morgan fingerprint density at radius 2 is 1.78 bits per heavy atom. The number of hydrogen-bond acceptors (Lipinski definition) is 4. The largest absolute Gasteiger partial charge is 0.329 e. The molecule has 0 aliphatic carbocycles. The van der Waals surface area contributed by atoms with Gasteiger partial charge in [0.1, 0.15) is 4.90 Å². The van der Waals surface area contributed by atoms with Crippen molar-refractivity contribution in [3.63, 3.8) is 0 Å². The molecule has 1 aromatic carbocycles. The molecular formula is C14H16ClN3O4S. The van der Waals surface area contributed by atoms with Gasteiger partial charge in [-0.1, -0.05) is 23.7 Å². The first kappa shape index (κ1) is 16.2. The minimum absolute atomic E-state index is 0.0109. The number of carbonyl (C=O) groups excluding carboxylic acids is 2. The van der Waals surface area contributed by atoms with Crippen LogP contribution >= 0.6 is 11.6 Å². The molecule has 0 atom stereocenters. The van der Waals surface area contributed by atoms with Gasteiger partial charge >= 0.3 is 6.03 Å². The molecular weight excluding hydrogens is 342 g/mol. The van der Waals surface area contributed by atoms with Crippen LogP contribution in [0.15, 0.2) is 29.2 Å². The lowest BCUT2D eigenvalue weighted by Gasteiger charge is -2.34. The fourth-order valence-corrected chi connectivity index (χ4v) is 4.90. The molecule has 23 heavy (non-hydrogen) atoms. The lowest BCUT2D eigenvalue weighted by molar-refractivity contribution is -0.127. The van der Waals surface area contributed by atoms with Gasteiger partial charge in [0.25, 0.3) is 0 Å². The minimum atomic E-state index is -3.67. The third-order valence-electron chi connectivity index (χ3n) is 4.12. The van der Waals surface area contributed by atoms with Gasteiger partial charge in [0, 0.05) is 19.1 Å². The quantitative estimate of drug-likeness (QED) is 0.819. The molecule has 7 nitrogen and oxygen atoms in total. The minimum Gasteiger partial charge on any atom is -0.329 e. The molecule has 124 valence electrons. The van der Waals surface area contributed by atoms with Crippen LogP contribution in [0.4, 0.5) is 4.79 Å². The Hall–Kier alpha value is -1.64. The van der Waals surface area contributed by atoms with Gasteiger partial charge in [0.15, 0.2) is 0 Å². The Morgan fingerprint density at radius 1 is 1.13 bits per heavy atom. The molecule has 2 aliphatic rings. The van der Waals surface area contributed by atoms with E-state index in [0.717, 1.165) is 0 Å². The van der Waals surface area contributed by atoms with Gasteiger partial charge in [-0.2, -0.15) is 4.31 Å². The van der Waals surface area contributed by atoms with Gasteiger partial charge in [-0.05, 0) is 25.0 Å². The second kappa shape index (κ2) is 6.10. The van der Waals surface area contributed by atoms with E-state index < -0.39 is 16.1 Å². The van der Waals surface area contributed by atoms with E-state index in [1.165, 1.54) is 21.3 Å². The van der Waals surface area contributed by atoms with Crippen LogP contribution in [0.25, 0.3) is 0 Å². The monoisotopic (exact) mass is 357 g/mol. The molecule has 0 radical (unpaired) electrons. The third kappa shape index (κ3) is 2.93. The average Bonchev–Trinajstić information content (AvgIpc) is 2.86. The molecule has 0 saturated carbocycles. The number of carbonyl (C=O) groups is 2. The summed E-state index contributed by atoms with van der Waals surface area (Å²) in [7, 11) is -3.67. The van der Waals surface area contributed by atoms with E-state index in [9.17, 15) is 18.0 Å². The molecule has 2 aliphatic heterocycles. The van der Waals surface area contributed by atoms with Gasteiger partial charge in [0.2, 0.25) is 15.9 Å². The summed E-state index contributed by atoms with van der Waals surface area (Å²) >= 11 is 5.99. The molecule has 9 heteroatoms. The third-order valence-corrected chi connectivity index (χ3v) is 6.52. The summed E-state index contributed by atoms with van der Waals surface area (Å²) in [6.45, 7) is 0.502. The maximum Gasteiger partial charge on any atom is 0.324 e. The second-order valence-electron chi connectivity index (χ2n) is 5.49. The molecule has 0 spiro atoms. The molecule has 3 amide bonds. The summed E-state index contributed by atoms with van der Waals surface area (Å²) in [5.41, 5.74) is 0. The van der Waals surface area contributed by atoms with Crippen molar-refractivity contribution in [2.24, 2.45) is 0 Å². The van der Waals surface area contributed by atoms with Crippen molar-refractivity contribution >= 4 is 33.6 Å². The van der Waals surface area contributed by atoms with Crippen molar-refractivity contribution in [2.75, 3.05) is 19.6 Å². The van der Waals surface area contributed by atoms with Crippen LogP contribution < -0.4 is 5.32 Å². The Balaban J connectivity index is 1.73. The molecule has 1 N–H and O–H groups in total. The second-order valence-corrected chi connectivity index (χ2v) is 7.80. The molecule has 2 heterocycles. The number of nitrogens with one attached hydrogen (secondary N) is 1. The summed E-state index contributed by atoms with van der Waals surface area (Å²) in [4.78, 5) is 24.7. The lowest BCUT2D eigenvalue weighted by atomic mass is 10.1. The molecule has 0 aromatic heterocycles. The normalized spacial score (nSPS) is 20.8. The Bertz CT molecular complexity index is 728. The van der Waals surface area contributed by atoms with Crippen LogP contribution in [0.1, 0.15) is 12.8 Å². The molecule has 2 fully saturated rings. The number of urea groups is 1. The first-order chi connectivity index (χ1) is 10.9. The van der Waals surface area contributed by atoms with Crippen molar-refractivity contribution in [3.05, 3.63) is 29.3 Å². The standard InChI is InChI=1S/C14H16ClN3O4S/c15-11-3-1-2-4-12(11)23(21,22)17-7-5-10(6-8-17)18-13(19)9-16-14(18)20/h1-4,10H,5-9H2,(H,16,20). The number of amides is 3. The summed E-state index contributed by atoms with van der Waals surface area (Å²) in [6.07, 6.45) is 0.839. The van der Waals surface area contributed by atoms with E-state index in [-0.39, 0.29) is 41.5 Å². The Labute approximate surface area is 139 Å². The fourth-order valence-electron chi connectivity index (χ4n) is 2.94. The number of piperidine rings is 1. The molecule has 0 bridgehead atoms. The Kier molecular flexibility index (Phi) is 4.31. The van der Waals surface area contributed by atoms with E-state index in [1.54, 1.807) is 12.1 Å². The van der Waals surface area contributed by atoms with Crippen LogP contribution in [-0.4, -0.2) is 55.2 Å². The summed E-state index contributed by atoms with van der Waals surface area (Å²) in [6, 6.07) is 5.64. The topological polar surface area (TPSA) is 86.8 Å². The van der Waals surface area contributed by atoms with Crippen LogP contribution in [0.3, 0.4) is 0 Å². The van der Waals surface area contributed by atoms with Crippen molar-refractivity contribution in [1.82, 2.24) is 14.5 Å². The van der Waals surface area contributed by atoms with Crippen LogP contribution in [0.2, 0.25) is 5.02 Å². The van der Waals surface area contributed by atoms with Crippen LogP contribution in [0.5, 0.6) is 0 Å². The van der Waals surface area contributed by atoms with E-state index in [0.29, 0.717) is 12.8 Å². The zero-order valence-corrected chi connectivity index (χ0v) is 13.8. The highest BCUT2D eigenvalue weighted by Gasteiger charge is 2.39. The lowest BCUT2D eigenvalue weighted by Crippen LogP contribution is -2.48. The summed E-state index contributed by atoms with van der Waals surface area (Å²) in [5.74, 6) is -0.262. The van der Waals surface area contributed by atoms with Gasteiger partial charge in [-0.3, -0.25) is 9.69 Å². The predicted octanol–water partition coefficient (Wildman–Crippen LogP) is 1.04. The smallest absolute Gasteiger partial charge is 0.324 e. The highest BCUT2D eigenvalue weighted by atomic mass is 35.5. The first-order valence-electron chi connectivity index (χ1n) is 7.26. The van der Waals surface area contributed by atoms with Crippen molar-refractivity contribution in [3.8, 4) is 0 Å². The highest BCUT2D eigenvalue weighted by molar-refractivity contribution is 7.89. The van der Waals surface area contributed by atoms with E-state index in [1.807, 2.05) is 0 Å². The molecule has 2 saturated heterocycles. The van der Waals surface area contributed by atoms with Crippen molar-refractivity contribution < 1.29 is 18.0 Å². The van der Waals surface area contributed by atoms with Gasteiger partial charge < -0.3 is 5.32 Å². The predicted molar refractivity (Wildman–Crippen MR) is 83.5 cm³/mol. The number of imide groups is 1. The highest BCUT2D eigenvalue weighted by Crippen LogP contribution is 2.28. The zero-order chi connectivity index (χ0) is 16.6. The van der Waals surface area contributed by atoms with Crippen LogP contribution in [0, 0.1) is 0 Å². The Morgan fingerprint density at radius 3 is 2.35 bits per heavy atom. The zero-order valence-electron chi connectivity index (χ0n) is 12.2. The van der Waals surface area contributed by atoms with E-state index >= 15 is 0 Å².